The largest absolute Gasteiger partial charge is 0.393 e. The number of nitrogens with two attached hydrogens (primary N) is 1. The first-order valence-electron chi connectivity index (χ1n) is 5.50. The SMILES string of the molecule is CC1CCCC(OCC(C)C(N)=S)C1. The van der Waals surface area contributed by atoms with Gasteiger partial charge in [0.1, 0.15) is 0 Å². The van der Waals surface area contributed by atoms with Gasteiger partial charge in [0, 0.05) is 5.92 Å². The average Bonchev–Trinajstić information content (AvgIpc) is 2.14. The van der Waals surface area contributed by atoms with Gasteiger partial charge in [-0.15, -0.1) is 0 Å². The van der Waals surface area contributed by atoms with Crippen LogP contribution in [0, 0.1) is 11.8 Å². The molecular weight excluding hydrogens is 194 g/mol. The fourth-order valence-corrected chi connectivity index (χ4v) is 1.96. The zero-order chi connectivity index (χ0) is 10.6. The summed E-state index contributed by atoms with van der Waals surface area (Å²) in [5.41, 5.74) is 5.53. The Balaban J connectivity index is 2.20. The van der Waals surface area contributed by atoms with Crippen molar-refractivity contribution in [3.63, 3.8) is 0 Å². The lowest BCUT2D eigenvalue weighted by Crippen LogP contribution is -2.28. The fourth-order valence-electron chi connectivity index (χ4n) is 1.89. The minimum absolute atomic E-state index is 0.210. The molecule has 1 saturated carbocycles. The van der Waals surface area contributed by atoms with Crippen LogP contribution in [0.5, 0.6) is 0 Å². The van der Waals surface area contributed by atoms with Crippen molar-refractivity contribution in [2.24, 2.45) is 17.6 Å². The second kappa shape index (κ2) is 5.66. The summed E-state index contributed by atoms with van der Waals surface area (Å²) in [4.78, 5) is 0.564. The number of hydrogen-bond acceptors (Lipinski definition) is 2. The fraction of sp³-hybridized carbons (Fsp3) is 0.909. The summed E-state index contributed by atoms with van der Waals surface area (Å²) in [6, 6.07) is 0. The zero-order valence-electron chi connectivity index (χ0n) is 9.16. The zero-order valence-corrected chi connectivity index (χ0v) is 9.98. The minimum atomic E-state index is 0.210. The molecule has 1 aliphatic carbocycles. The molecule has 1 rings (SSSR count). The molecule has 14 heavy (non-hydrogen) atoms. The monoisotopic (exact) mass is 215 g/mol. The van der Waals surface area contributed by atoms with Gasteiger partial charge in [-0.2, -0.15) is 0 Å². The Morgan fingerprint density at radius 1 is 1.57 bits per heavy atom. The summed E-state index contributed by atoms with van der Waals surface area (Å²) in [6.07, 6.45) is 5.49. The molecule has 0 amide bonds. The van der Waals surface area contributed by atoms with Crippen LogP contribution in [-0.4, -0.2) is 17.7 Å². The first-order chi connectivity index (χ1) is 6.59. The molecule has 3 atom stereocenters. The third-order valence-electron chi connectivity index (χ3n) is 2.96. The molecule has 1 aliphatic rings. The molecule has 3 unspecified atom stereocenters. The van der Waals surface area contributed by atoms with Crippen molar-refractivity contribution in [1.29, 1.82) is 0 Å². The third kappa shape index (κ3) is 3.93. The smallest absolute Gasteiger partial charge is 0.0779 e. The molecule has 0 aromatic rings. The van der Waals surface area contributed by atoms with Crippen LogP contribution in [0.25, 0.3) is 0 Å². The van der Waals surface area contributed by atoms with E-state index in [0.29, 0.717) is 17.7 Å². The van der Waals surface area contributed by atoms with E-state index >= 15 is 0 Å². The quantitative estimate of drug-likeness (QED) is 0.732. The second-order valence-electron chi connectivity index (χ2n) is 4.53. The summed E-state index contributed by atoms with van der Waals surface area (Å²) in [6.45, 7) is 5.01. The van der Waals surface area contributed by atoms with Crippen molar-refractivity contribution in [2.45, 2.75) is 45.6 Å². The van der Waals surface area contributed by atoms with Crippen LogP contribution >= 0.6 is 12.2 Å². The van der Waals surface area contributed by atoms with Crippen molar-refractivity contribution in [1.82, 2.24) is 0 Å². The molecular formula is C11H21NOS. The molecule has 0 saturated heterocycles. The van der Waals surface area contributed by atoms with Crippen molar-refractivity contribution < 1.29 is 4.74 Å². The van der Waals surface area contributed by atoms with Gasteiger partial charge in [-0.05, 0) is 18.8 Å². The lowest BCUT2D eigenvalue weighted by molar-refractivity contribution is 0.00842. The van der Waals surface area contributed by atoms with Crippen molar-refractivity contribution in [2.75, 3.05) is 6.61 Å². The molecule has 0 aliphatic heterocycles. The number of rotatable bonds is 4. The van der Waals surface area contributed by atoms with Gasteiger partial charge in [0.05, 0.1) is 17.7 Å². The summed E-state index contributed by atoms with van der Waals surface area (Å²) < 4.78 is 5.81. The van der Waals surface area contributed by atoms with Crippen LogP contribution < -0.4 is 5.73 Å². The molecule has 0 radical (unpaired) electrons. The molecule has 0 spiro atoms. The van der Waals surface area contributed by atoms with E-state index in [-0.39, 0.29) is 5.92 Å². The molecule has 0 bridgehead atoms. The van der Waals surface area contributed by atoms with Crippen LogP contribution in [0.1, 0.15) is 39.5 Å². The Hall–Kier alpha value is -0.150. The summed E-state index contributed by atoms with van der Waals surface area (Å²) in [7, 11) is 0. The highest BCUT2D eigenvalue weighted by Crippen LogP contribution is 2.25. The predicted molar refractivity (Wildman–Crippen MR) is 63.3 cm³/mol. The summed E-state index contributed by atoms with van der Waals surface area (Å²) >= 11 is 4.91. The highest BCUT2D eigenvalue weighted by atomic mass is 32.1. The molecule has 3 heteroatoms. The van der Waals surface area contributed by atoms with Gasteiger partial charge in [-0.3, -0.25) is 0 Å². The van der Waals surface area contributed by atoms with E-state index in [1.807, 2.05) is 6.92 Å². The minimum Gasteiger partial charge on any atom is -0.393 e. The van der Waals surface area contributed by atoms with Gasteiger partial charge in [-0.25, -0.2) is 0 Å². The number of thiocarbonyl (C=S) groups is 1. The molecule has 1 fully saturated rings. The van der Waals surface area contributed by atoms with Crippen LogP contribution in [-0.2, 0) is 4.74 Å². The van der Waals surface area contributed by atoms with E-state index in [1.54, 1.807) is 0 Å². The first kappa shape index (κ1) is 11.9. The van der Waals surface area contributed by atoms with Gasteiger partial charge in [-0.1, -0.05) is 38.9 Å². The summed E-state index contributed by atoms with van der Waals surface area (Å²) in [5, 5.41) is 0. The van der Waals surface area contributed by atoms with Gasteiger partial charge in [0.15, 0.2) is 0 Å². The maximum Gasteiger partial charge on any atom is 0.0779 e. The highest BCUT2D eigenvalue weighted by Gasteiger charge is 2.20. The molecule has 82 valence electrons. The van der Waals surface area contributed by atoms with E-state index in [1.165, 1.54) is 25.7 Å². The first-order valence-corrected chi connectivity index (χ1v) is 5.91. The van der Waals surface area contributed by atoms with Gasteiger partial charge < -0.3 is 10.5 Å². The van der Waals surface area contributed by atoms with Crippen molar-refractivity contribution >= 4 is 17.2 Å². The predicted octanol–water partition coefficient (Wildman–Crippen LogP) is 2.50. The molecule has 2 nitrogen and oxygen atoms in total. The standard InChI is InChI=1S/C11H21NOS/c1-8-4-3-5-10(6-8)13-7-9(2)11(12)14/h8-10H,3-7H2,1-2H3,(H2,12,14). The molecule has 0 heterocycles. The normalized spacial score (nSPS) is 29.9. The molecule has 0 aromatic heterocycles. The number of hydrogen-bond donors (Lipinski definition) is 1. The molecule has 0 aromatic carbocycles. The lowest BCUT2D eigenvalue weighted by atomic mass is 9.89. The van der Waals surface area contributed by atoms with Crippen molar-refractivity contribution in [3.05, 3.63) is 0 Å². The van der Waals surface area contributed by atoms with E-state index in [2.05, 4.69) is 6.92 Å². The average molecular weight is 215 g/mol. The van der Waals surface area contributed by atoms with Gasteiger partial charge in [0.2, 0.25) is 0 Å². The van der Waals surface area contributed by atoms with Crippen molar-refractivity contribution in [3.8, 4) is 0 Å². The summed E-state index contributed by atoms with van der Waals surface area (Å²) in [5.74, 6) is 1.02. The topological polar surface area (TPSA) is 35.2 Å². The Morgan fingerprint density at radius 2 is 2.29 bits per heavy atom. The maximum absolute atomic E-state index is 5.81. The number of ether oxygens (including phenoxy) is 1. The third-order valence-corrected chi connectivity index (χ3v) is 3.36. The molecule has 2 N–H and O–H groups in total. The second-order valence-corrected chi connectivity index (χ2v) is 5.00. The van der Waals surface area contributed by atoms with Crippen LogP contribution in [0.3, 0.4) is 0 Å². The Labute approximate surface area is 92.2 Å². The van der Waals surface area contributed by atoms with E-state index in [9.17, 15) is 0 Å². The van der Waals surface area contributed by atoms with Gasteiger partial charge in [0.25, 0.3) is 0 Å². The Morgan fingerprint density at radius 3 is 2.86 bits per heavy atom. The van der Waals surface area contributed by atoms with Gasteiger partial charge >= 0.3 is 0 Å². The van der Waals surface area contributed by atoms with E-state index in [0.717, 1.165) is 5.92 Å². The maximum atomic E-state index is 5.81. The van der Waals surface area contributed by atoms with Crippen LogP contribution in [0.15, 0.2) is 0 Å². The van der Waals surface area contributed by atoms with Crippen LogP contribution in [0.2, 0.25) is 0 Å². The van der Waals surface area contributed by atoms with E-state index in [4.69, 9.17) is 22.7 Å². The lowest BCUT2D eigenvalue weighted by Gasteiger charge is -2.27. The van der Waals surface area contributed by atoms with Crippen LogP contribution in [0.4, 0.5) is 0 Å². The Kier molecular flexibility index (Phi) is 4.82. The highest BCUT2D eigenvalue weighted by molar-refractivity contribution is 7.80. The van der Waals surface area contributed by atoms with E-state index < -0.39 is 0 Å². The Bertz CT molecular complexity index is 196.